The summed E-state index contributed by atoms with van der Waals surface area (Å²) in [5.74, 6) is 0.587. The molecule has 1 N–H and O–H groups in total. The van der Waals surface area contributed by atoms with Gasteiger partial charge in [0.15, 0.2) is 11.5 Å². The van der Waals surface area contributed by atoms with Crippen molar-refractivity contribution >= 4 is 0 Å². The quantitative estimate of drug-likeness (QED) is 0.799. The molecule has 0 saturated carbocycles. The van der Waals surface area contributed by atoms with E-state index in [0.29, 0.717) is 23.5 Å². The van der Waals surface area contributed by atoms with Crippen molar-refractivity contribution in [3.63, 3.8) is 0 Å². The predicted molar refractivity (Wildman–Crippen MR) is 82.5 cm³/mol. The maximum atomic E-state index is 10.6. The monoisotopic (exact) mass is 304 g/mol. The minimum absolute atomic E-state index is 0.216. The zero-order chi connectivity index (χ0) is 19.4. The maximum absolute atomic E-state index is 10.6. The molecule has 4 nitrogen and oxygen atoms in total. The number of piperidine rings is 1. The third kappa shape index (κ3) is 1.28. The molecule has 1 aromatic carbocycles. The fourth-order valence-electron chi connectivity index (χ4n) is 4.82. The van der Waals surface area contributed by atoms with Crippen LogP contribution < -0.4 is 9.47 Å². The lowest BCUT2D eigenvalue weighted by molar-refractivity contribution is -0.0453. The first kappa shape index (κ1) is 8.94. The molecule has 2 aliphatic carbocycles. The average molecular weight is 304 g/mol. The molecule has 0 radical (unpaired) electrons. The van der Waals surface area contributed by atoms with Gasteiger partial charge in [0.2, 0.25) is 0 Å². The summed E-state index contributed by atoms with van der Waals surface area (Å²) >= 11 is 0. The second kappa shape index (κ2) is 4.06. The normalized spacial score (nSPS) is 47.3. The van der Waals surface area contributed by atoms with Crippen LogP contribution in [0.2, 0.25) is 0 Å². The highest BCUT2D eigenvalue weighted by Gasteiger charge is 2.64. The predicted octanol–water partition coefficient (Wildman–Crippen LogP) is 1.50. The highest BCUT2D eigenvalue weighted by Crippen LogP contribution is 2.62. The molecule has 2 bridgehead atoms. The number of hydrogen-bond acceptors (Lipinski definition) is 4. The molecule has 1 spiro atoms. The smallest absolute Gasteiger partial charge is 0.165 e. The van der Waals surface area contributed by atoms with Crippen LogP contribution >= 0.6 is 0 Å². The molecule has 1 fully saturated rings. The van der Waals surface area contributed by atoms with E-state index >= 15 is 0 Å². The Kier molecular flexibility index (Phi) is 1.65. The van der Waals surface area contributed by atoms with Crippen LogP contribution in [0.1, 0.15) is 24.4 Å². The van der Waals surface area contributed by atoms with Crippen LogP contribution in [0.3, 0.4) is 0 Å². The number of likely N-dealkylation sites (tertiary alicyclic amines) is 1. The van der Waals surface area contributed by atoms with Crippen molar-refractivity contribution in [2.75, 3.05) is 20.6 Å². The third-order valence-corrected chi connectivity index (χ3v) is 5.73. The molecular weight excluding hydrogens is 278 g/mol. The minimum Gasteiger partial charge on any atom is -0.493 e. The molecule has 5 atom stereocenters. The zero-order valence-electron chi connectivity index (χ0n) is 17.2. The van der Waals surface area contributed by atoms with Gasteiger partial charge in [-0.1, -0.05) is 18.2 Å². The standard InChI is InChI=1S/C18H21NO3/c1-19-8-7-18-11-4-5-13(20)17(18)22-16-14(21-2)6-3-10(15(16)18)9-12(11)19/h3-6,11-13,17,20H,7-9H2,1-2H3/t11-,12+,13?,17?,18-/m0/s1/i1D3,9D2. The van der Waals surface area contributed by atoms with Gasteiger partial charge in [-0.25, -0.2) is 0 Å². The Hall–Kier alpha value is -1.52. The minimum atomic E-state index is -2.40. The molecular formula is C18H21NO3. The number of likely N-dealkylation sites (N-methyl/N-ethyl adjacent to an activating group) is 1. The van der Waals surface area contributed by atoms with Gasteiger partial charge in [0.1, 0.15) is 12.2 Å². The molecule has 5 rings (SSSR count). The Labute approximate surface area is 137 Å². The second-order valence-corrected chi connectivity index (χ2v) is 6.53. The van der Waals surface area contributed by atoms with E-state index in [1.165, 1.54) is 12.0 Å². The van der Waals surface area contributed by atoms with Crippen molar-refractivity contribution in [3.8, 4) is 11.5 Å². The number of ether oxygens (including phenoxy) is 2. The lowest BCUT2D eigenvalue weighted by Crippen LogP contribution is -2.64. The summed E-state index contributed by atoms with van der Waals surface area (Å²) in [5.41, 5.74) is 0.538. The summed E-state index contributed by atoms with van der Waals surface area (Å²) in [5, 5.41) is 10.6. The Morgan fingerprint density at radius 3 is 3.23 bits per heavy atom. The van der Waals surface area contributed by atoms with E-state index in [2.05, 4.69) is 0 Å². The first-order valence-corrected chi connectivity index (χ1v) is 7.66. The van der Waals surface area contributed by atoms with Gasteiger partial charge in [-0.2, -0.15) is 0 Å². The van der Waals surface area contributed by atoms with Gasteiger partial charge in [0, 0.05) is 29.8 Å². The van der Waals surface area contributed by atoms with Crippen LogP contribution in [0.25, 0.3) is 0 Å². The third-order valence-electron chi connectivity index (χ3n) is 5.73. The topological polar surface area (TPSA) is 41.9 Å². The van der Waals surface area contributed by atoms with Gasteiger partial charge >= 0.3 is 0 Å². The number of rotatable bonds is 1. The number of nitrogens with zero attached hydrogens (tertiary/aromatic N) is 1. The lowest BCUT2D eigenvalue weighted by atomic mass is 9.53. The summed E-state index contributed by atoms with van der Waals surface area (Å²) in [4.78, 5) is 1.31. The van der Waals surface area contributed by atoms with Gasteiger partial charge in [0.25, 0.3) is 0 Å². The van der Waals surface area contributed by atoms with Crippen LogP contribution in [0.5, 0.6) is 11.5 Å². The van der Waals surface area contributed by atoms with Crippen LogP contribution in [-0.2, 0) is 11.8 Å². The number of methoxy groups -OCH3 is 1. The van der Waals surface area contributed by atoms with Crippen LogP contribution in [0.4, 0.5) is 0 Å². The SMILES string of the molecule is [2H]C1([2H])c2ccc(OC)c3c2[C@]24CCN(C([2H])([2H])[2H])[C@H]1[C@@H]2C=CC(O)C4O3. The molecule has 22 heavy (non-hydrogen) atoms. The van der Waals surface area contributed by atoms with E-state index in [9.17, 15) is 5.11 Å². The summed E-state index contributed by atoms with van der Waals surface area (Å²) in [6.07, 6.45) is 0.586. The van der Waals surface area contributed by atoms with Gasteiger partial charge in [-0.15, -0.1) is 0 Å². The Bertz CT molecular complexity index is 854. The molecule has 116 valence electrons. The van der Waals surface area contributed by atoms with Gasteiger partial charge in [-0.05, 0) is 37.9 Å². The fourth-order valence-corrected chi connectivity index (χ4v) is 4.82. The molecule has 0 amide bonds. The van der Waals surface area contributed by atoms with E-state index in [4.69, 9.17) is 16.3 Å². The molecule has 2 unspecified atom stereocenters. The van der Waals surface area contributed by atoms with Crippen LogP contribution in [0.15, 0.2) is 24.3 Å². The van der Waals surface area contributed by atoms with Crippen molar-refractivity contribution < 1.29 is 21.4 Å². The first-order chi connectivity index (χ1) is 12.6. The molecule has 4 aliphatic rings. The second-order valence-electron chi connectivity index (χ2n) is 6.53. The number of aliphatic hydroxyl groups is 1. The zero-order valence-corrected chi connectivity index (χ0v) is 12.2. The molecule has 1 aromatic rings. The Morgan fingerprint density at radius 2 is 2.41 bits per heavy atom. The number of benzene rings is 1. The number of hydrogen-bond donors (Lipinski definition) is 1. The molecule has 2 heterocycles. The van der Waals surface area contributed by atoms with Crippen molar-refractivity contribution in [2.45, 2.75) is 36.5 Å². The lowest BCUT2D eigenvalue weighted by Gasteiger charge is -2.56. The molecule has 1 saturated heterocycles. The van der Waals surface area contributed by atoms with E-state index in [-0.39, 0.29) is 6.54 Å². The fraction of sp³-hybridized carbons (Fsp3) is 0.556. The van der Waals surface area contributed by atoms with Crippen molar-refractivity contribution in [1.29, 1.82) is 0 Å². The van der Waals surface area contributed by atoms with Gasteiger partial charge in [-0.3, -0.25) is 0 Å². The molecule has 2 aliphatic heterocycles. The number of aliphatic hydroxyl groups excluding tert-OH is 1. The average Bonchev–Trinajstić information content (AvgIpc) is 2.94. The van der Waals surface area contributed by atoms with E-state index < -0.39 is 42.9 Å². The van der Waals surface area contributed by atoms with Crippen molar-refractivity contribution in [2.24, 2.45) is 5.92 Å². The highest BCUT2D eigenvalue weighted by molar-refractivity contribution is 5.62. The summed E-state index contributed by atoms with van der Waals surface area (Å²) in [6, 6.07) is 2.48. The van der Waals surface area contributed by atoms with Crippen molar-refractivity contribution in [3.05, 3.63) is 35.4 Å². The summed E-state index contributed by atoms with van der Waals surface area (Å²) in [6.45, 7) is -2.18. The van der Waals surface area contributed by atoms with E-state index in [0.717, 1.165) is 5.56 Å². The van der Waals surface area contributed by atoms with Crippen molar-refractivity contribution in [1.82, 2.24) is 4.90 Å². The van der Waals surface area contributed by atoms with E-state index in [1.54, 1.807) is 24.3 Å². The first-order valence-electron chi connectivity index (χ1n) is 10.2. The molecule has 0 aromatic heterocycles. The Morgan fingerprint density at radius 1 is 1.50 bits per heavy atom. The maximum Gasteiger partial charge on any atom is 0.165 e. The van der Waals surface area contributed by atoms with Crippen LogP contribution in [0, 0.1) is 5.92 Å². The highest BCUT2D eigenvalue weighted by atomic mass is 16.5. The summed E-state index contributed by atoms with van der Waals surface area (Å²) in [7, 11) is 1.53. The van der Waals surface area contributed by atoms with Gasteiger partial charge in [0.05, 0.1) is 7.11 Å². The van der Waals surface area contributed by atoms with Gasteiger partial charge < -0.3 is 19.5 Å². The largest absolute Gasteiger partial charge is 0.493 e. The Balaban J connectivity index is 1.84. The van der Waals surface area contributed by atoms with E-state index in [1.807, 2.05) is 0 Å². The summed E-state index contributed by atoms with van der Waals surface area (Å²) < 4.78 is 53.3. The molecule has 4 heteroatoms. The van der Waals surface area contributed by atoms with Crippen LogP contribution in [-0.4, -0.2) is 48.9 Å².